The summed E-state index contributed by atoms with van der Waals surface area (Å²) < 4.78 is 1.86. The summed E-state index contributed by atoms with van der Waals surface area (Å²) in [5, 5.41) is 11.4. The highest BCUT2D eigenvalue weighted by molar-refractivity contribution is 6.05. The molecule has 0 bridgehead atoms. The van der Waals surface area contributed by atoms with Crippen LogP contribution in [0, 0.1) is 13.8 Å². The first-order chi connectivity index (χ1) is 13.1. The highest BCUT2D eigenvalue weighted by Gasteiger charge is 2.11. The van der Waals surface area contributed by atoms with Gasteiger partial charge in [0.2, 0.25) is 0 Å². The molecular weight excluding hydrogens is 336 g/mol. The van der Waals surface area contributed by atoms with Gasteiger partial charge in [-0.15, -0.1) is 5.10 Å². The van der Waals surface area contributed by atoms with Gasteiger partial charge in [-0.1, -0.05) is 41.6 Å². The zero-order valence-electron chi connectivity index (χ0n) is 15.3. The highest BCUT2D eigenvalue weighted by Crippen LogP contribution is 2.18. The van der Waals surface area contributed by atoms with Crippen LogP contribution < -0.4 is 5.32 Å². The first-order valence-corrected chi connectivity index (χ1v) is 8.86. The molecule has 0 radical (unpaired) electrons. The molecule has 3 aromatic carbocycles. The van der Waals surface area contributed by atoms with Crippen LogP contribution >= 0.6 is 0 Å². The van der Waals surface area contributed by atoms with Crippen LogP contribution in [-0.2, 0) is 6.54 Å². The Hall–Kier alpha value is -3.47. The molecule has 1 amide bonds. The minimum Gasteiger partial charge on any atom is -0.322 e. The number of carbonyl (C=O) groups is 1. The fraction of sp³-hybridized carbons (Fsp3) is 0.136. The fourth-order valence-corrected chi connectivity index (χ4v) is 3.11. The molecule has 4 aromatic rings. The van der Waals surface area contributed by atoms with Gasteiger partial charge in [-0.3, -0.25) is 4.79 Å². The van der Waals surface area contributed by atoms with Gasteiger partial charge in [0.1, 0.15) is 5.52 Å². The second-order valence-corrected chi connectivity index (χ2v) is 6.70. The van der Waals surface area contributed by atoms with Crippen molar-refractivity contribution in [2.75, 3.05) is 5.32 Å². The van der Waals surface area contributed by atoms with E-state index in [0.717, 1.165) is 16.8 Å². The number of fused-ring (bicyclic) bond motifs is 1. The Labute approximate surface area is 157 Å². The molecule has 4 rings (SSSR count). The largest absolute Gasteiger partial charge is 0.322 e. The SMILES string of the molecule is Cc1cccc(NC(=O)c2ccc3c(c2)nnn3Cc2ccccc2C)c1. The molecular formula is C22H20N4O. The minimum atomic E-state index is -0.157. The average molecular weight is 356 g/mol. The van der Waals surface area contributed by atoms with Crippen molar-refractivity contribution in [3.05, 3.63) is 89.0 Å². The van der Waals surface area contributed by atoms with Crippen LogP contribution in [0.15, 0.2) is 66.7 Å². The number of rotatable bonds is 4. The van der Waals surface area contributed by atoms with Crippen LogP contribution in [0.2, 0.25) is 0 Å². The number of hydrogen-bond acceptors (Lipinski definition) is 3. The molecule has 5 heteroatoms. The van der Waals surface area contributed by atoms with Gasteiger partial charge < -0.3 is 5.32 Å². The maximum absolute atomic E-state index is 12.5. The highest BCUT2D eigenvalue weighted by atomic mass is 16.1. The first kappa shape index (κ1) is 17.0. The van der Waals surface area contributed by atoms with Crippen molar-refractivity contribution in [2.45, 2.75) is 20.4 Å². The summed E-state index contributed by atoms with van der Waals surface area (Å²) in [7, 11) is 0. The van der Waals surface area contributed by atoms with Crippen molar-refractivity contribution >= 4 is 22.6 Å². The van der Waals surface area contributed by atoms with Crippen LogP contribution in [0.5, 0.6) is 0 Å². The van der Waals surface area contributed by atoms with Gasteiger partial charge in [-0.2, -0.15) is 0 Å². The number of hydrogen-bond donors (Lipinski definition) is 1. The quantitative estimate of drug-likeness (QED) is 0.591. The maximum atomic E-state index is 12.5. The van der Waals surface area contributed by atoms with Crippen LogP contribution in [0.25, 0.3) is 11.0 Å². The molecule has 134 valence electrons. The molecule has 0 aliphatic heterocycles. The first-order valence-electron chi connectivity index (χ1n) is 8.86. The van der Waals surface area contributed by atoms with Gasteiger partial charge >= 0.3 is 0 Å². The van der Waals surface area contributed by atoms with Gasteiger partial charge in [0.15, 0.2) is 0 Å². The molecule has 0 saturated heterocycles. The third-order valence-corrected chi connectivity index (χ3v) is 4.63. The third kappa shape index (κ3) is 3.58. The van der Waals surface area contributed by atoms with E-state index in [1.54, 1.807) is 6.07 Å². The topological polar surface area (TPSA) is 59.8 Å². The van der Waals surface area contributed by atoms with Gasteiger partial charge in [0, 0.05) is 11.3 Å². The molecule has 0 atom stereocenters. The van der Waals surface area contributed by atoms with E-state index in [0.29, 0.717) is 17.6 Å². The third-order valence-electron chi connectivity index (χ3n) is 4.63. The lowest BCUT2D eigenvalue weighted by molar-refractivity contribution is 0.102. The summed E-state index contributed by atoms with van der Waals surface area (Å²) in [4.78, 5) is 12.5. The van der Waals surface area contributed by atoms with Crippen LogP contribution in [0.1, 0.15) is 27.0 Å². The van der Waals surface area contributed by atoms with Crippen molar-refractivity contribution in [3.8, 4) is 0 Å². The van der Waals surface area contributed by atoms with E-state index in [1.165, 1.54) is 11.1 Å². The number of nitrogens with one attached hydrogen (secondary N) is 1. The number of amides is 1. The Bertz CT molecular complexity index is 1130. The minimum absolute atomic E-state index is 0.157. The Kier molecular flexibility index (Phi) is 4.42. The Balaban J connectivity index is 1.58. The van der Waals surface area contributed by atoms with Gasteiger partial charge in [-0.25, -0.2) is 4.68 Å². The number of anilines is 1. The smallest absolute Gasteiger partial charge is 0.255 e. The standard InChI is InChI=1S/C22H20N4O/c1-15-6-5-9-19(12-15)23-22(27)17-10-11-21-20(13-17)24-25-26(21)14-18-8-4-3-7-16(18)2/h3-13H,14H2,1-2H3,(H,23,27). The summed E-state index contributed by atoms with van der Waals surface area (Å²) in [6.45, 7) is 4.73. The van der Waals surface area contributed by atoms with E-state index in [1.807, 2.05) is 60.1 Å². The Morgan fingerprint density at radius 2 is 1.85 bits per heavy atom. The molecule has 27 heavy (non-hydrogen) atoms. The number of benzene rings is 3. The van der Waals surface area contributed by atoms with Crippen molar-refractivity contribution < 1.29 is 4.79 Å². The van der Waals surface area contributed by atoms with E-state index in [2.05, 4.69) is 34.7 Å². The number of aryl methyl sites for hydroxylation is 2. The zero-order valence-corrected chi connectivity index (χ0v) is 15.3. The predicted molar refractivity (Wildman–Crippen MR) is 107 cm³/mol. The Morgan fingerprint density at radius 1 is 1.00 bits per heavy atom. The van der Waals surface area contributed by atoms with Crippen LogP contribution in [0.3, 0.4) is 0 Å². The summed E-state index contributed by atoms with van der Waals surface area (Å²) in [6.07, 6.45) is 0. The van der Waals surface area contributed by atoms with Crippen molar-refractivity contribution in [3.63, 3.8) is 0 Å². The van der Waals surface area contributed by atoms with Gasteiger partial charge in [-0.05, 0) is 60.9 Å². The molecule has 0 spiro atoms. The van der Waals surface area contributed by atoms with Crippen molar-refractivity contribution in [1.82, 2.24) is 15.0 Å². The normalized spacial score (nSPS) is 10.9. The molecule has 1 N–H and O–H groups in total. The monoisotopic (exact) mass is 356 g/mol. The second kappa shape index (κ2) is 7.03. The molecule has 0 fully saturated rings. The van der Waals surface area contributed by atoms with E-state index in [4.69, 9.17) is 0 Å². The van der Waals surface area contributed by atoms with Crippen molar-refractivity contribution in [1.29, 1.82) is 0 Å². The molecule has 1 aromatic heterocycles. The molecule has 0 unspecified atom stereocenters. The summed E-state index contributed by atoms with van der Waals surface area (Å²) in [5.41, 5.74) is 6.48. The zero-order chi connectivity index (χ0) is 18.8. The molecule has 0 saturated carbocycles. The summed E-state index contributed by atoms with van der Waals surface area (Å²) in [5.74, 6) is -0.157. The lowest BCUT2D eigenvalue weighted by atomic mass is 10.1. The van der Waals surface area contributed by atoms with Crippen molar-refractivity contribution in [2.24, 2.45) is 0 Å². The Morgan fingerprint density at radius 3 is 2.67 bits per heavy atom. The van der Waals surface area contributed by atoms with Gasteiger partial charge in [0.05, 0.1) is 12.1 Å². The predicted octanol–water partition coefficient (Wildman–Crippen LogP) is 4.35. The number of carbonyl (C=O) groups excluding carboxylic acids is 1. The van der Waals surface area contributed by atoms with E-state index in [9.17, 15) is 4.79 Å². The van der Waals surface area contributed by atoms with E-state index < -0.39 is 0 Å². The second-order valence-electron chi connectivity index (χ2n) is 6.70. The maximum Gasteiger partial charge on any atom is 0.255 e. The van der Waals surface area contributed by atoms with E-state index in [-0.39, 0.29) is 5.91 Å². The number of aromatic nitrogens is 3. The average Bonchev–Trinajstić information content (AvgIpc) is 3.06. The molecule has 0 aliphatic carbocycles. The van der Waals surface area contributed by atoms with Crippen LogP contribution in [-0.4, -0.2) is 20.9 Å². The fourth-order valence-electron chi connectivity index (χ4n) is 3.11. The summed E-state index contributed by atoms with van der Waals surface area (Å²) in [6, 6.07) is 21.4. The lowest BCUT2D eigenvalue weighted by Crippen LogP contribution is -2.11. The van der Waals surface area contributed by atoms with Gasteiger partial charge in [0.25, 0.3) is 5.91 Å². The lowest BCUT2D eigenvalue weighted by Gasteiger charge is -2.07. The molecule has 5 nitrogen and oxygen atoms in total. The van der Waals surface area contributed by atoms with E-state index >= 15 is 0 Å². The summed E-state index contributed by atoms with van der Waals surface area (Å²) >= 11 is 0. The number of nitrogens with zero attached hydrogens (tertiary/aromatic N) is 3. The van der Waals surface area contributed by atoms with Crippen LogP contribution in [0.4, 0.5) is 5.69 Å². The molecule has 1 heterocycles. The molecule has 0 aliphatic rings.